The van der Waals surface area contributed by atoms with Crippen molar-refractivity contribution in [2.75, 3.05) is 0 Å². The van der Waals surface area contributed by atoms with Gasteiger partial charge in [0.2, 0.25) is 0 Å². The topological polar surface area (TPSA) is 101 Å². The molecule has 1 aliphatic carbocycles. The number of aromatic nitrogens is 4. The fourth-order valence-electron chi connectivity index (χ4n) is 1.69. The van der Waals surface area contributed by atoms with Gasteiger partial charge in [-0.05, 0) is 38.8 Å². The first-order valence-corrected chi connectivity index (χ1v) is 5.49. The molecule has 1 aromatic heterocycles. The molecule has 94 valence electrons. The van der Waals surface area contributed by atoms with Crippen molar-refractivity contribution >= 4 is 5.97 Å². The largest absolute Gasteiger partial charge is 0.479 e. The van der Waals surface area contributed by atoms with Crippen molar-refractivity contribution in [1.82, 2.24) is 20.2 Å². The number of aliphatic hydroxyl groups is 1. The molecule has 0 radical (unpaired) electrons. The minimum Gasteiger partial charge on any atom is -0.479 e. The third-order valence-electron chi connectivity index (χ3n) is 3.00. The van der Waals surface area contributed by atoms with Crippen LogP contribution in [0.25, 0.3) is 0 Å². The van der Waals surface area contributed by atoms with Crippen LogP contribution in [0.3, 0.4) is 0 Å². The quantitative estimate of drug-likeness (QED) is 0.765. The number of carboxylic acids is 1. The van der Waals surface area contributed by atoms with Crippen molar-refractivity contribution in [1.29, 1.82) is 0 Å². The number of carboxylic acid groups (broad SMARTS) is 1. The van der Waals surface area contributed by atoms with E-state index in [9.17, 15) is 9.90 Å². The average molecular weight is 240 g/mol. The molecule has 0 amide bonds. The highest BCUT2D eigenvalue weighted by Crippen LogP contribution is 2.49. The van der Waals surface area contributed by atoms with Crippen LogP contribution in [-0.2, 0) is 15.7 Å². The molecule has 0 bridgehead atoms. The van der Waals surface area contributed by atoms with Gasteiger partial charge in [-0.15, -0.1) is 10.2 Å². The molecule has 7 heteroatoms. The molecule has 0 aromatic carbocycles. The minimum atomic E-state index is -1.46. The second-order valence-corrected chi connectivity index (χ2v) is 5.47. The second kappa shape index (κ2) is 3.49. The monoisotopic (exact) mass is 240 g/mol. The molecule has 17 heavy (non-hydrogen) atoms. The van der Waals surface area contributed by atoms with Crippen molar-refractivity contribution in [3.05, 3.63) is 5.82 Å². The Morgan fingerprint density at radius 2 is 2.06 bits per heavy atom. The van der Waals surface area contributed by atoms with Crippen molar-refractivity contribution in [2.45, 2.75) is 50.7 Å². The molecule has 1 aromatic rings. The summed E-state index contributed by atoms with van der Waals surface area (Å²) >= 11 is 0. The van der Waals surface area contributed by atoms with Gasteiger partial charge in [-0.1, -0.05) is 0 Å². The first-order valence-electron chi connectivity index (χ1n) is 5.49. The predicted octanol–water partition coefficient (Wildman–Crippen LogP) is -0.0948. The zero-order chi connectivity index (χ0) is 12.8. The molecule has 0 spiro atoms. The van der Waals surface area contributed by atoms with E-state index in [-0.39, 0.29) is 5.54 Å². The minimum absolute atomic E-state index is 0.310. The van der Waals surface area contributed by atoms with Crippen LogP contribution in [0.2, 0.25) is 0 Å². The summed E-state index contributed by atoms with van der Waals surface area (Å²) in [6.07, 6.45) is -0.299. The summed E-state index contributed by atoms with van der Waals surface area (Å²) in [6.45, 7) is 5.77. The van der Waals surface area contributed by atoms with Gasteiger partial charge >= 0.3 is 5.97 Å². The molecule has 1 unspecified atom stereocenters. The average Bonchev–Trinajstić information content (AvgIpc) is 2.85. The lowest BCUT2D eigenvalue weighted by molar-refractivity contribution is -0.148. The number of hydrogen-bond donors (Lipinski definition) is 2. The van der Waals surface area contributed by atoms with E-state index in [1.807, 2.05) is 20.8 Å². The van der Waals surface area contributed by atoms with E-state index >= 15 is 0 Å². The van der Waals surface area contributed by atoms with Crippen LogP contribution in [0.1, 0.15) is 39.4 Å². The van der Waals surface area contributed by atoms with Crippen LogP contribution < -0.4 is 0 Å². The zero-order valence-electron chi connectivity index (χ0n) is 10.1. The lowest BCUT2D eigenvalue weighted by atomic mass is 9.99. The van der Waals surface area contributed by atoms with E-state index < -0.39 is 17.5 Å². The number of nitrogens with zero attached hydrogens (tertiary/aromatic N) is 4. The Bertz CT molecular complexity index is 445. The Labute approximate surface area is 98.4 Å². The zero-order valence-corrected chi connectivity index (χ0v) is 10.1. The highest BCUT2D eigenvalue weighted by Gasteiger charge is 2.57. The van der Waals surface area contributed by atoms with Crippen molar-refractivity contribution < 1.29 is 15.0 Å². The summed E-state index contributed by atoms with van der Waals surface area (Å²) < 4.78 is 0. The first kappa shape index (κ1) is 12.0. The smallest absolute Gasteiger partial charge is 0.333 e. The molecule has 1 fully saturated rings. The van der Waals surface area contributed by atoms with Gasteiger partial charge in [0.25, 0.3) is 0 Å². The van der Waals surface area contributed by atoms with Crippen LogP contribution in [0.5, 0.6) is 0 Å². The molecular formula is C10H16N4O3. The third-order valence-corrected chi connectivity index (χ3v) is 3.00. The molecule has 7 nitrogen and oxygen atoms in total. The molecule has 1 saturated carbocycles. The molecule has 1 heterocycles. The standard InChI is InChI=1S/C10H16N4O3/c1-9(2,3)14-12-8(11-13-14)10(4-5-10)6(15)7(16)17/h6,15H,4-5H2,1-3H3,(H,16,17). The lowest BCUT2D eigenvalue weighted by Gasteiger charge is -2.17. The molecular weight excluding hydrogens is 224 g/mol. The predicted molar refractivity (Wildman–Crippen MR) is 57.4 cm³/mol. The van der Waals surface area contributed by atoms with Crippen molar-refractivity contribution in [3.63, 3.8) is 0 Å². The number of carbonyl (C=O) groups is 1. The Hall–Kier alpha value is -1.50. The maximum Gasteiger partial charge on any atom is 0.333 e. The maximum absolute atomic E-state index is 10.8. The first-order chi connectivity index (χ1) is 7.77. The van der Waals surface area contributed by atoms with Crippen LogP contribution in [-0.4, -0.2) is 42.5 Å². The third kappa shape index (κ3) is 1.90. The van der Waals surface area contributed by atoms with E-state index in [2.05, 4.69) is 15.4 Å². The van der Waals surface area contributed by atoms with Gasteiger partial charge in [0.15, 0.2) is 11.9 Å². The van der Waals surface area contributed by atoms with Gasteiger partial charge in [0, 0.05) is 0 Å². The Kier molecular flexibility index (Phi) is 2.46. The summed E-state index contributed by atoms with van der Waals surface area (Å²) in [4.78, 5) is 12.3. The maximum atomic E-state index is 10.8. The molecule has 2 rings (SSSR count). The summed E-state index contributed by atoms with van der Waals surface area (Å²) in [6, 6.07) is 0. The summed E-state index contributed by atoms with van der Waals surface area (Å²) in [5.74, 6) is -0.920. The van der Waals surface area contributed by atoms with Crippen LogP contribution in [0.4, 0.5) is 0 Å². The Morgan fingerprint density at radius 1 is 1.47 bits per heavy atom. The van der Waals surface area contributed by atoms with Crippen molar-refractivity contribution in [3.8, 4) is 0 Å². The van der Waals surface area contributed by atoms with Crippen LogP contribution >= 0.6 is 0 Å². The van der Waals surface area contributed by atoms with Crippen molar-refractivity contribution in [2.24, 2.45) is 0 Å². The number of rotatable bonds is 3. The number of aliphatic carboxylic acids is 1. The van der Waals surface area contributed by atoms with Gasteiger partial charge in [-0.2, -0.15) is 4.80 Å². The molecule has 1 atom stereocenters. The highest BCUT2D eigenvalue weighted by atomic mass is 16.4. The van der Waals surface area contributed by atoms with E-state index in [0.717, 1.165) is 0 Å². The fraction of sp³-hybridized carbons (Fsp3) is 0.800. The SMILES string of the molecule is CC(C)(C)n1nnc(C2(C(O)C(=O)O)CC2)n1. The van der Waals surface area contributed by atoms with Gasteiger partial charge in [0.1, 0.15) is 0 Å². The number of tetrazole rings is 1. The van der Waals surface area contributed by atoms with Gasteiger partial charge < -0.3 is 10.2 Å². The normalized spacial score (nSPS) is 20.0. The summed E-state index contributed by atoms with van der Waals surface area (Å²) in [5.41, 5.74) is -1.15. The van der Waals surface area contributed by atoms with Gasteiger partial charge in [-0.3, -0.25) is 0 Å². The van der Waals surface area contributed by atoms with E-state index in [1.54, 1.807) is 0 Å². The fourth-order valence-corrected chi connectivity index (χ4v) is 1.69. The Balaban J connectivity index is 2.30. The number of aliphatic hydroxyl groups excluding tert-OH is 1. The van der Waals surface area contributed by atoms with Gasteiger partial charge in [-0.25, -0.2) is 4.79 Å². The van der Waals surface area contributed by atoms with Gasteiger partial charge in [0.05, 0.1) is 11.0 Å². The summed E-state index contributed by atoms with van der Waals surface area (Å²) in [5, 5.41) is 30.5. The van der Waals surface area contributed by atoms with E-state index in [4.69, 9.17) is 5.11 Å². The Morgan fingerprint density at radius 3 is 2.41 bits per heavy atom. The second-order valence-electron chi connectivity index (χ2n) is 5.47. The van der Waals surface area contributed by atoms with E-state index in [1.165, 1.54) is 4.80 Å². The molecule has 0 aliphatic heterocycles. The molecule has 0 saturated heterocycles. The molecule has 1 aliphatic rings. The van der Waals surface area contributed by atoms with E-state index in [0.29, 0.717) is 18.7 Å². The molecule has 2 N–H and O–H groups in total. The summed E-state index contributed by atoms with van der Waals surface area (Å²) in [7, 11) is 0. The lowest BCUT2D eigenvalue weighted by Crippen LogP contribution is -2.35. The van der Waals surface area contributed by atoms with Crippen LogP contribution in [0, 0.1) is 0 Å². The highest BCUT2D eigenvalue weighted by molar-refractivity contribution is 5.75. The van der Waals surface area contributed by atoms with Crippen LogP contribution in [0.15, 0.2) is 0 Å². The number of hydrogen-bond acceptors (Lipinski definition) is 5.